The number of piperidine rings is 1. The van der Waals surface area contributed by atoms with Crippen molar-refractivity contribution < 1.29 is 16.8 Å². The smallest absolute Gasteiger partial charge is 0.226 e. The molecule has 2 aliphatic heterocycles. The Hall–Kier alpha value is -0.180. The minimum absolute atomic E-state index is 0.125. The van der Waals surface area contributed by atoms with E-state index in [1.54, 1.807) is 0 Å². The quantitative estimate of drug-likeness (QED) is 0.703. The lowest BCUT2D eigenvalue weighted by molar-refractivity contribution is 0.345. The number of rotatable bonds is 4. The predicted octanol–water partition coefficient (Wildman–Crippen LogP) is -0.809. The van der Waals surface area contributed by atoms with Crippen molar-refractivity contribution in [2.45, 2.75) is 43.8 Å². The van der Waals surface area contributed by atoms with Crippen molar-refractivity contribution >= 4 is 19.9 Å². The molecule has 0 radical (unpaired) electrons. The molecule has 2 heterocycles. The molecule has 0 aromatic carbocycles. The van der Waals surface area contributed by atoms with Gasteiger partial charge in [-0.05, 0) is 25.7 Å². The van der Waals surface area contributed by atoms with Gasteiger partial charge >= 0.3 is 0 Å². The number of nitrogens with one attached hydrogen (secondary N) is 2. The third-order valence-electron chi connectivity index (χ3n) is 3.19. The molecule has 0 aromatic heterocycles. The van der Waals surface area contributed by atoms with Crippen molar-refractivity contribution in [1.29, 1.82) is 0 Å². The van der Waals surface area contributed by atoms with E-state index < -0.39 is 24.9 Å². The lowest BCUT2D eigenvalue weighted by Gasteiger charge is -2.29. The van der Waals surface area contributed by atoms with Crippen molar-refractivity contribution in [2.75, 3.05) is 11.3 Å². The second-order valence-electron chi connectivity index (χ2n) is 5.08. The molecule has 2 rings (SSSR count). The van der Waals surface area contributed by atoms with Gasteiger partial charge < -0.3 is 5.32 Å². The molecule has 8 heteroatoms. The molecule has 2 aliphatic rings. The Morgan fingerprint density at radius 3 is 2.12 bits per heavy atom. The molecule has 100 valence electrons. The Morgan fingerprint density at radius 1 is 1.12 bits per heavy atom. The van der Waals surface area contributed by atoms with Crippen molar-refractivity contribution in [2.24, 2.45) is 0 Å². The van der Waals surface area contributed by atoms with Gasteiger partial charge in [0.2, 0.25) is 10.0 Å². The first kappa shape index (κ1) is 13.3. The topological polar surface area (TPSA) is 92.3 Å². The van der Waals surface area contributed by atoms with Gasteiger partial charge in [-0.3, -0.25) is 0 Å². The van der Waals surface area contributed by atoms with E-state index in [1.165, 1.54) is 0 Å². The van der Waals surface area contributed by atoms with Crippen LogP contribution in [0.15, 0.2) is 0 Å². The molecular formula is C9H18N2O4S2. The van der Waals surface area contributed by atoms with Crippen LogP contribution in [-0.4, -0.2) is 46.3 Å². The second-order valence-corrected chi connectivity index (χ2v) is 9.34. The molecule has 0 aromatic rings. The van der Waals surface area contributed by atoms with Crippen LogP contribution in [0.5, 0.6) is 0 Å². The lowest BCUT2D eigenvalue weighted by Crippen LogP contribution is -2.48. The number of hydrogen-bond donors (Lipinski definition) is 2. The third-order valence-corrected chi connectivity index (χ3v) is 6.83. The largest absolute Gasteiger partial charge is 0.311 e. The van der Waals surface area contributed by atoms with Crippen LogP contribution in [-0.2, 0) is 19.9 Å². The van der Waals surface area contributed by atoms with Gasteiger partial charge in [0.05, 0.1) is 0 Å². The van der Waals surface area contributed by atoms with Gasteiger partial charge in [-0.2, -0.15) is 0 Å². The molecule has 2 atom stereocenters. The van der Waals surface area contributed by atoms with E-state index in [0.717, 1.165) is 31.9 Å². The molecule has 2 N–H and O–H groups in total. The highest BCUT2D eigenvalue weighted by atomic mass is 32.3. The summed E-state index contributed by atoms with van der Waals surface area (Å²) >= 11 is 0. The summed E-state index contributed by atoms with van der Waals surface area (Å²) in [6.45, 7) is 0. The molecular weight excluding hydrogens is 264 g/mol. The zero-order valence-electron chi connectivity index (χ0n) is 9.72. The van der Waals surface area contributed by atoms with Crippen molar-refractivity contribution in [1.82, 2.24) is 10.0 Å². The number of hydrogen-bond acceptors (Lipinski definition) is 5. The summed E-state index contributed by atoms with van der Waals surface area (Å²) in [5.41, 5.74) is 0. The SMILES string of the molecule is CS(=O)(=O)CS(=O)(=O)NC1CC2CCC(C1)N2. The van der Waals surface area contributed by atoms with Crippen LogP contribution >= 0.6 is 0 Å². The van der Waals surface area contributed by atoms with Crippen LogP contribution in [0.4, 0.5) is 0 Å². The molecule has 2 unspecified atom stereocenters. The van der Waals surface area contributed by atoms with Gasteiger partial charge in [0.25, 0.3) is 0 Å². The summed E-state index contributed by atoms with van der Waals surface area (Å²) in [6.07, 6.45) is 4.58. The monoisotopic (exact) mass is 282 g/mol. The van der Waals surface area contributed by atoms with E-state index in [9.17, 15) is 16.8 Å². The van der Waals surface area contributed by atoms with Crippen LogP contribution in [0, 0.1) is 0 Å². The van der Waals surface area contributed by atoms with E-state index in [4.69, 9.17) is 0 Å². The fraction of sp³-hybridized carbons (Fsp3) is 1.00. The Kier molecular flexibility index (Phi) is 3.50. The summed E-state index contributed by atoms with van der Waals surface area (Å²) in [6, 6.07) is 0.625. The van der Waals surface area contributed by atoms with Crippen LogP contribution < -0.4 is 10.0 Å². The normalized spacial score (nSPS) is 33.8. The minimum atomic E-state index is -3.72. The van der Waals surface area contributed by atoms with Gasteiger partial charge in [0.1, 0.15) is 0 Å². The highest BCUT2D eigenvalue weighted by molar-refractivity contribution is 8.06. The molecule has 0 spiro atoms. The first-order valence-corrected chi connectivity index (χ1v) is 9.38. The fourth-order valence-corrected chi connectivity index (χ4v) is 5.95. The highest BCUT2D eigenvalue weighted by Gasteiger charge is 2.35. The molecule has 2 bridgehead atoms. The van der Waals surface area contributed by atoms with Gasteiger partial charge in [0, 0.05) is 24.4 Å². The first-order chi connectivity index (χ1) is 7.73. The Bertz CT molecular complexity index is 473. The van der Waals surface area contributed by atoms with Crippen LogP contribution in [0.2, 0.25) is 0 Å². The molecule has 2 fully saturated rings. The maximum atomic E-state index is 11.6. The maximum absolute atomic E-state index is 11.6. The highest BCUT2D eigenvalue weighted by Crippen LogP contribution is 2.27. The van der Waals surface area contributed by atoms with Crippen LogP contribution in [0.3, 0.4) is 0 Å². The average Bonchev–Trinajstić information content (AvgIpc) is 2.40. The first-order valence-electron chi connectivity index (χ1n) is 5.67. The van der Waals surface area contributed by atoms with Gasteiger partial charge in [0.15, 0.2) is 14.9 Å². The van der Waals surface area contributed by atoms with Crippen molar-refractivity contribution in [3.8, 4) is 0 Å². The molecule has 0 aliphatic carbocycles. The number of fused-ring (bicyclic) bond motifs is 2. The van der Waals surface area contributed by atoms with Crippen LogP contribution in [0.1, 0.15) is 25.7 Å². The second kappa shape index (κ2) is 4.49. The maximum Gasteiger partial charge on any atom is 0.226 e. The van der Waals surface area contributed by atoms with Gasteiger partial charge in [-0.15, -0.1) is 0 Å². The number of sulfonamides is 1. The van der Waals surface area contributed by atoms with Gasteiger partial charge in [-0.1, -0.05) is 0 Å². The van der Waals surface area contributed by atoms with E-state index in [-0.39, 0.29) is 6.04 Å². The lowest BCUT2D eigenvalue weighted by atomic mass is 10.0. The standard InChI is InChI=1S/C9H18N2O4S2/c1-16(12,13)6-17(14,15)11-9-4-7-2-3-8(5-9)10-7/h7-11H,2-6H2,1H3. The van der Waals surface area contributed by atoms with Crippen molar-refractivity contribution in [3.05, 3.63) is 0 Å². The van der Waals surface area contributed by atoms with Crippen molar-refractivity contribution in [3.63, 3.8) is 0 Å². The zero-order valence-corrected chi connectivity index (χ0v) is 11.4. The van der Waals surface area contributed by atoms with Crippen LogP contribution in [0.25, 0.3) is 0 Å². The van der Waals surface area contributed by atoms with E-state index >= 15 is 0 Å². The minimum Gasteiger partial charge on any atom is -0.311 e. The summed E-state index contributed by atoms with van der Waals surface area (Å²) in [5, 5.41) is 2.58. The van der Waals surface area contributed by atoms with Gasteiger partial charge in [-0.25, -0.2) is 21.6 Å². The third kappa shape index (κ3) is 3.90. The summed E-state index contributed by atoms with van der Waals surface area (Å²) in [5.74, 6) is 0. The average molecular weight is 282 g/mol. The summed E-state index contributed by atoms with van der Waals surface area (Å²) in [4.78, 5) is 0. The molecule has 0 saturated carbocycles. The summed E-state index contributed by atoms with van der Waals surface area (Å²) in [7, 11) is -7.23. The number of sulfone groups is 1. The fourth-order valence-electron chi connectivity index (χ4n) is 2.72. The Labute approximate surface area is 102 Å². The molecule has 2 saturated heterocycles. The van der Waals surface area contributed by atoms with E-state index in [1.807, 2.05) is 0 Å². The zero-order chi connectivity index (χ0) is 12.7. The molecule has 0 amide bonds. The predicted molar refractivity (Wildman–Crippen MR) is 64.7 cm³/mol. The Morgan fingerprint density at radius 2 is 1.65 bits per heavy atom. The molecule has 17 heavy (non-hydrogen) atoms. The molecule has 6 nitrogen and oxygen atoms in total. The Balaban J connectivity index is 1.97. The van der Waals surface area contributed by atoms with E-state index in [0.29, 0.717) is 12.1 Å². The van der Waals surface area contributed by atoms with E-state index in [2.05, 4.69) is 10.0 Å². The summed E-state index contributed by atoms with van der Waals surface area (Å²) < 4.78 is 47.8.